The molecule has 0 saturated heterocycles. The second-order valence-corrected chi connectivity index (χ2v) is 3.84. The molecule has 1 heterocycles. The Morgan fingerprint density at radius 1 is 1.50 bits per heavy atom. The number of aromatic nitrogens is 2. The maximum absolute atomic E-state index is 9.07. The number of para-hydroxylation sites is 1. The van der Waals surface area contributed by atoms with Gasteiger partial charge < -0.3 is 15.0 Å². The Morgan fingerprint density at radius 2 is 2.33 bits per heavy atom. The van der Waals surface area contributed by atoms with Crippen LogP contribution in [0.15, 0.2) is 24.4 Å². The molecule has 0 unspecified atom stereocenters. The van der Waals surface area contributed by atoms with E-state index >= 15 is 0 Å². The first kappa shape index (κ1) is 12.0. The Balaban J connectivity index is 2.20. The monoisotopic (exact) mass is 242 g/mol. The van der Waals surface area contributed by atoms with Gasteiger partial charge in [0, 0.05) is 0 Å². The SMILES string of the molecule is COc1cccc(C#N)c1NCc1cnc(C)[nH]1. The lowest BCUT2D eigenvalue weighted by atomic mass is 10.1. The molecule has 0 saturated carbocycles. The van der Waals surface area contributed by atoms with Crippen LogP contribution in [0.25, 0.3) is 0 Å². The Morgan fingerprint density at radius 3 is 2.94 bits per heavy atom. The molecule has 5 heteroatoms. The third-order valence-corrected chi connectivity index (χ3v) is 2.58. The maximum Gasteiger partial charge on any atom is 0.143 e. The number of aromatic amines is 1. The minimum Gasteiger partial charge on any atom is -0.495 e. The molecule has 18 heavy (non-hydrogen) atoms. The van der Waals surface area contributed by atoms with E-state index in [0.29, 0.717) is 23.5 Å². The van der Waals surface area contributed by atoms with Crippen LogP contribution in [0.4, 0.5) is 5.69 Å². The number of anilines is 1. The summed E-state index contributed by atoms with van der Waals surface area (Å²) in [5, 5.41) is 12.3. The molecular formula is C13H14N4O. The summed E-state index contributed by atoms with van der Waals surface area (Å²) in [5.41, 5.74) is 2.22. The summed E-state index contributed by atoms with van der Waals surface area (Å²) >= 11 is 0. The third kappa shape index (κ3) is 2.43. The van der Waals surface area contributed by atoms with Crippen molar-refractivity contribution in [1.29, 1.82) is 5.26 Å². The fraction of sp³-hybridized carbons (Fsp3) is 0.231. The largest absolute Gasteiger partial charge is 0.495 e. The van der Waals surface area contributed by atoms with Crippen molar-refractivity contribution in [2.24, 2.45) is 0 Å². The van der Waals surface area contributed by atoms with Crippen molar-refractivity contribution in [3.05, 3.63) is 41.5 Å². The topological polar surface area (TPSA) is 73.7 Å². The van der Waals surface area contributed by atoms with Crippen molar-refractivity contribution in [2.75, 3.05) is 12.4 Å². The van der Waals surface area contributed by atoms with E-state index in [0.717, 1.165) is 11.5 Å². The van der Waals surface area contributed by atoms with E-state index in [4.69, 9.17) is 10.00 Å². The van der Waals surface area contributed by atoms with Crippen LogP contribution >= 0.6 is 0 Å². The second kappa shape index (κ2) is 5.23. The molecule has 0 aliphatic carbocycles. The Kier molecular flexibility index (Phi) is 3.49. The van der Waals surface area contributed by atoms with Crippen molar-refractivity contribution >= 4 is 5.69 Å². The van der Waals surface area contributed by atoms with Crippen molar-refractivity contribution in [3.63, 3.8) is 0 Å². The molecule has 1 aromatic heterocycles. The molecular weight excluding hydrogens is 228 g/mol. The molecule has 0 atom stereocenters. The Bertz CT molecular complexity index is 583. The van der Waals surface area contributed by atoms with Crippen LogP contribution in [0.1, 0.15) is 17.1 Å². The molecule has 0 radical (unpaired) electrons. The molecule has 0 fully saturated rings. The minimum absolute atomic E-state index is 0.561. The lowest BCUT2D eigenvalue weighted by Crippen LogP contribution is -2.03. The van der Waals surface area contributed by atoms with Crippen LogP contribution in [0.3, 0.4) is 0 Å². The van der Waals surface area contributed by atoms with Gasteiger partial charge in [-0.15, -0.1) is 0 Å². The highest BCUT2D eigenvalue weighted by atomic mass is 16.5. The lowest BCUT2D eigenvalue weighted by Gasteiger charge is -2.11. The minimum atomic E-state index is 0.561. The molecule has 0 amide bonds. The van der Waals surface area contributed by atoms with E-state index in [-0.39, 0.29) is 0 Å². The van der Waals surface area contributed by atoms with E-state index in [1.165, 1.54) is 0 Å². The van der Waals surface area contributed by atoms with Gasteiger partial charge in [-0.25, -0.2) is 4.98 Å². The summed E-state index contributed by atoms with van der Waals surface area (Å²) in [5.74, 6) is 1.53. The zero-order chi connectivity index (χ0) is 13.0. The van der Waals surface area contributed by atoms with Gasteiger partial charge in [-0.05, 0) is 19.1 Å². The van der Waals surface area contributed by atoms with E-state index in [1.807, 2.05) is 13.0 Å². The number of aryl methyl sites for hydroxylation is 1. The van der Waals surface area contributed by atoms with Crippen molar-refractivity contribution in [3.8, 4) is 11.8 Å². The fourth-order valence-electron chi connectivity index (χ4n) is 1.72. The summed E-state index contributed by atoms with van der Waals surface area (Å²) in [4.78, 5) is 7.25. The summed E-state index contributed by atoms with van der Waals surface area (Å²) in [6.07, 6.45) is 1.77. The number of hydrogen-bond acceptors (Lipinski definition) is 4. The summed E-state index contributed by atoms with van der Waals surface area (Å²) in [7, 11) is 1.59. The van der Waals surface area contributed by atoms with Crippen LogP contribution < -0.4 is 10.1 Å². The number of rotatable bonds is 4. The summed E-state index contributed by atoms with van der Waals surface area (Å²) in [6, 6.07) is 7.51. The molecule has 2 rings (SSSR count). The average Bonchev–Trinajstić information content (AvgIpc) is 2.81. The number of benzene rings is 1. The van der Waals surface area contributed by atoms with Crippen LogP contribution in [0.2, 0.25) is 0 Å². The number of ether oxygens (including phenoxy) is 1. The predicted octanol–water partition coefficient (Wildman–Crippen LogP) is 2.21. The normalized spacial score (nSPS) is 9.83. The second-order valence-electron chi connectivity index (χ2n) is 3.84. The van der Waals surface area contributed by atoms with Gasteiger partial charge in [-0.3, -0.25) is 0 Å². The molecule has 1 aromatic carbocycles. The highest BCUT2D eigenvalue weighted by Crippen LogP contribution is 2.28. The molecule has 0 spiro atoms. The molecule has 2 N–H and O–H groups in total. The number of H-pyrrole nitrogens is 1. The van der Waals surface area contributed by atoms with E-state index < -0.39 is 0 Å². The number of nitrogens with one attached hydrogen (secondary N) is 2. The van der Waals surface area contributed by atoms with Gasteiger partial charge in [0.15, 0.2) is 0 Å². The van der Waals surface area contributed by atoms with Gasteiger partial charge in [0.1, 0.15) is 17.6 Å². The van der Waals surface area contributed by atoms with Gasteiger partial charge in [0.2, 0.25) is 0 Å². The van der Waals surface area contributed by atoms with E-state index in [1.54, 1.807) is 25.4 Å². The van der Waals surface area contributed by atoms with Gasteiger partial charge in [-0.1, -0.05) is 6.07 Å². The quantitative estimate of drug-likeness (QED) is 0.862. The third-order valence-electron chi connectivity index (χ3n) is 2.58. The number of methoxy groups -OCH3 is 1. The smallest absolute Gasteiger partial charge is 0.143 e. The van der Waals surface area contributed by atoms with Crippen molar-refractivity contribution in [2.45, 2.75) is 13.5 Å². The van der Waals surface area contributed by atoms with Crippen LogP contribution in [0.5, 0.6) is 5.75 Å². The molecule has 2 aromatic rings. The highest BCUT2D eigenvalue weighted by Gasteiger charge is 2.08. The first-order valence-electron chi connectivity index (χ1n) is 5.56. The van der Waals surface area contributed by atoms with E-state index in [9.17, 15) is 0 Å². The maximum atomic E-state index is 9.07. The first-order valence-corrected chi connectivity index (χ1v) is 5.56. The zero-order valence-corrected chi connectivity index (χ0v) is 10.3. The van der Waals surface area contributed by atoms with Crippen LogP contribution in [-0.2, 0) is 6.54 Å². The van der Waals surface area contributed by atoms with E-state index in [2.05, 4.69) is 21.4 Å². The Labute approximate surface area is 105 Å². The predicted molar refractivity (Wildman–Crippen MR) is 68.4 cm³/mol. The van der Waals surface area contributed by atoms with Gasteiger partial charge in [0.25, 0.3) is 0 Å². The number of nitriles is 1. The number of nitrogens with zero attached hydrogens (tertiary/aromatic N) is 2. The zero-order valence-electron chi connectivity index (χ0n) is 10.3. The van der Waals surface area contributed by atoms with Crippen LogP contribution in [0, 0.1) is 18.3 Å². The number of imidazole rings is 1. The molecule has 0 bridgehead atoms. The highest BCUT2D eigenvalue weighted by molar-refractivity contribution is 5.66. The number of hydrogen-bond donors (Lipinski definition) is 2. The van der Waals surface area contributed by atoms with Gasteiger partial charge in [-0.2, -0.15) is 5.26 Å². The Hall–Kier alpha value is -2.48. The molecule has 92 valence electrons. The van der Waals surface area contributed by atoms with Gasteiger partial charge >= 0.3 is 0 Å². The summed E-state index contributed by atoms with van der Waals surface area (Å²) in [6.45, 7) is 2.46. The van der Waals surface area contributed by atoms with Crippen molar-refractivity contribution in [1.82, 2.24) is 9.97 Å². The molecule has 0 aliphatic heterocycles. The first-order chi connectivity index (χ1) is 8.74. The molecule has 5 nitrogen and oxygen atoms in total. The van der Waals surface area contributed by atoms with Crippen molar-refractivity contribution < 1.29 is 4.74 Å². The molecule has 0 aliphatic rings. The average molecular weight is 242 g/mol. The fourth-order valence-corrected chi connectivity index (χ4v) is 1.72. The standard InChI is InChI=1S/C13H14N4O/c1-9-15-7-11(17-9)8-16-13-10(6-14)4-3-5-12(13)18-2/h3-5,7,16H,8H2,1-2H3,(H,15,17). The summed E-state index contributed by atoms with van der Waals surface area (Å²) < 4.78 is 5.24. The van der Waals surface area contributed by atoms with Crippen LogP contribution in [-0.4, -0.2) is 17.1 Å². The van der Waals surface area contributed by atoms with Gasteiger partial charge in [0.05, 0.1) is 36.8 Å². The lowest BCUT2D eigenvalue weighted by molar-refractivity contribution is 0.416.